The van der Waals surface area contributed by atoms with E-state index in [1.165, 1.54) is 18.7 Å². The fourth-order valence-corrected chi connectivity index (χ4v) is 4.43. The van der Waals surface area contributed by atoms with Crippen molar-refractivity contribution in [1.82, 2.24) is 29.5 Å². The number of carbonyl (C=O) groups is 1. The van der Waals surface area contributed by atoms with Crippen molar-refractivity contribution in [2.24, 2.45) is 0 Å². The zero-order valence-electron chi connectivity index (χ0n) is 18.1. The van der Waals surface area contributed by atoms with Gasteiger partial charge in [-0.1, -0.05) is 6.08 Å². The van der Waals surface area contributed by atoms with Crippen LogP contribution in [0.15, 0.2) is 47.7 Å². The summed E-state index contributed by atoms with van der Waals surface area (Å²) >= 11 is 0. The molecule has 0 saturated carbocycles. The largest absolute Gasteiger partial charge is 0.493 e. The summed E-state index contributed by atoms with van der Waals surface area (Å²) in [5, 5.41) is 11.5. The maximum absolute atomic E-state index is 14.5. The molecular weight excluding hydrogens is 441 g/mol. The van der Waals surface area contributed by atoms with E-state index in [9.17, 15) is 9.18 Å². The quantitative estimate of drug-likeness (QED) is 0.483. The molecule has 0 aliphatic carbocycles. The summed E-state index contributed by atoms with van der Waals surface area (Å²) in [6, 6.07) is 3.10. The molecule has 4 aromatic rings. The van der Waals surface area contributed by atoms with E-state index in [0.29, 0.717) is 49.7 Å². The van der Waals surface area contributed by atoms with Crippen LogP contribution in [0.1, 0.15) is 33.7 Å². The molecule has 0 fully saturated rings. The number of benzene rings is 1. The standard InChI is InChI=1S/C23H20FN7O3/c24-18-1-2-19-15(5-8-33-19)17(18)10-27-23-26-9-16(21-29-28-12-31(21)23)14-3-6-30(7-4-14)22(32)20-11-25-13-34-20/h1-3,9,11-13H,4-8,10H2,(H,26,27). The molecule has 172 valence electrons. The lowest BCUT2D eigenvalue weighted by atomic mass is 10.0. The van der Waals surface area contributed by atoms with Crippen molar-refractivity contribution in [2.75, 3.05) is 25.0 Å². The molecule has 0 unspecified atom stereocenters. The van der Waals surface area contributed by atoms with E-state index >= 15 is 0 Å². The summed E-state index contributed by atoms with van der Waals surface area (Å²) in [5.74, 6) is 1.00. The second kappa shape index (κ2) is 8.25. The van der Waals surface area contributed by atoms with Gasteiger partial charge in [-0.25, -0.2) is 14.4 Å². The SMILES string of the molecule is O=C(c1cnco1)N1CC=C(c2cnc(NCc3c(F)ccc4c3CCO4)n3cnnc23)CC1. The smallest absolute Gasteiger partial charge is 0.291 e. The minimum atomic E-state index is -0.273. The van der Waals surface area contributed by atoms with Gasteiger partial charge in [-0.15, -0.1) is 10.2 Å². The lowest BCUT2D eigenvalue weighted by molar-refractivity contribution is 0.0741. The number of fused-ring (bicyclic) bond motifs is 2. The van der Waals surface area contributed by atoms with Crippen molar-refractivity contribution in [3.05, 3.63) is 71.6 Å². The predicted molar refractivity (Wildman–Crippen MR) is 119 cm³/mol. The van der Waals surface area contributed by atoms with Crippen LogP contribution in [0.5, 0.6) is 5.75 Å². The lowest BCUT2D eigenvalue weighted by Gasteiger charge is -2.25. The third-order valence-corrected chi connectivity index (χ3v) is 6.18. The highest BCUT2D eigenvalue weighted by atomic mass is 19.1. The Kier molecular flexibility index (Phi) is 4.93. The van der Waals surface area contributed by atoms with Crippen LogP contribution in [-0.4, -0.2) is 55.1 Å². The van der Waals surface area contributed by atoms with Gasteiger partial charge in [0.2, 0.25) is 11.7 Å². The Morgan fingerprint density at radius 1 is 1.24 bits per heavy atom. The van der Waals surface area contributed by atoms with E-state index in [1.807, 2.05) is 6.08 Å². The van der Waals surface area contributed by atoms with Gasteiger partial charge in [-0.3, -0.25) is 9.20 Å². The number of nitrogens with zero attached hydrogens (tertiary/aromatic N) is 6. The van der Waals surface area contributed by atoms with Crippen molar-refractivity contribution in [2.45, 2.75) is 19.4 Å². The maximum atomic E-state index is 14.5. The molecule has 11 heteroatoms. The molecule has 0 saturated heterocycles. The Balaban J connectivity index is 1.23. The number of anilines is 1. The minimum absolute atomic E-state index is 0.192. The van der Waals surface area contributed by atoms with Gasteiger partial charge in [0, 0.05) is 48.9 Å². The van der Waals surface area contributed by atoms with Gasteiger partial charge in [0.15, 0.2) is 12.0 Å². The van der Waals surface area contributed by atoms with Crippen molar-refractivity contribution in [1.29, 1.82) is 0 Å². The van der Waals surface area contributed by atoms with Gasteiger partial charge < -0.3 is 19.4 Å². The number of oxazole rings is 1. The van der Waals surface area contributed by atoms with Gasteiger partial charge in [0.1, 0.15) is 17.9 Å². The molecule has 10 nitrogen and oxygen atoms in total. The number of ether oxygens (including phenoxy) is 1. The molecule has 2 aliphatic heterocycles. The number of hydrogen-bond donors (Lipinski definition) is 1. The first-order valence-corrected chi connectivity index (χ1v) is 10.9. The molecule has 0 spiro atoms. The van der Waals surface area contributed by atoms with Crippen molar-refractivity contribution >= 4 is 23.1 Å². The Hall–Kier alpha value is -4.28. The van der Waals surface area contributed by atoms with E-state index in [-0.39, 0.29) is 24.0 Å². The number of carbonyl (C=O) groups excluding carboxylic acids is 1. The number of nitrogens with one attached hydrogen (secondary N) is 1. The first-order chi connectivity index (χ1) is 16.7. The van der Waals surface area contributed by atoms with Crippen LogP contribution in [0.4, 0.5) is 10.3 Å². The van der Waals surface area contributed by atoms with Gasteiger partial charge in [0.05, 0.1) is 12.8 Å². The molecule has 0 bridgehead atoms. The summed E-state index contributed by atoms with van der Waals surface area (Å²) in [6.45, 7) is 1.80. The second-order valence-corrected chi connectivity index (χ2v) is 8.07. The van der Waals surface area contributed by atoms with Crippen molar-refractivity contribution in [3.8, 4) is 5.75 Å². The fraction of sp³-hybridized carbons (Fsp3) is 0.261. The Bertz CT molecular complexity index is 1410. The van der Waals surface area contributed by atoms with E-state index in [0.717, 1.165) is 22.4 Å². The highest BCUT2D eigenvalue weighted by Gasteiger charge is 2.24. The van der Waals surface area contributed by atoms with E-state index in [4.69, 9.17) is 9.15 Å². The molecule has 1 aromatic carbocycles. The first-order valence-electron chi connectivity index (χ1n) is 10.9. The summed E-state index contributed by atoms with van der Waals surface area (Å²) in [7, 11) is 0. The average molecular weight is 461 g/mol. The molecule has 0 atom stereocenters. The molecule has 34 heavy (non-hydrogen) atoms. The first kappa shape index (κ1) is 20.3. The number of aromatic nitrogens is 5. The van der Waals surface area contributed by atoms with Crippen LogP contribution in [0.25, 0.3) is 11.2 Å². The highest BCUT2D eigenvalue weighted by Crippen LogP contribution is 2.31. The average Bonchev–Trinajstić information content (AvgIpc) is 3.64. The Labute approximate surface area is 193 Å². The van der Waals surface area contributed by atoms with Gasteiger partial charge in [-0.2, -0.15) is 0 Å². The zero-order valence-corrected chi connectivity index (χ0v) is 18.1. The third-order valence-electron chi connectivity index (χ3n) is 6.18. The van der Waals surface area contributed by atoms with E-state index in [1.54, 1.807) is 27.9 Å². The minimum Gasteiger partial charge on any atom is -0.493 e. The third kappa shape index (κ3) is 3.45. The molecule has 1 amide bonds. The number of hydrogen-bond acceptors (Lipinski definition) is 8. The summed E-state index contributed by atoms with van der Waals surface area (Å²) in [4.78, 5) is 22.5. The second-order valence-electron chi connectivity index (χ2n) is 8.07. The van der Waals surface area contributed by atoms with E-state index in [2.05, 4.69) is 25.5 Å². The lowest BCUT2D eigenvalue weighted by Crippen LogP contribution is -2.34. The van der Waals surface area contributed by atoms with Crippen LogP contribution in [0, 0.1) is 5.82 Å². The van der Waals surface area contributed by atoms with Crippen LogP contribution < -0.4 is 10.1 Å². The van der Waals surface area contributed by atoms with Crippen LogP contribution in [0.3, 0.4) is 0 Å². The monoisotopic (exact) mass is 461 g/mol. The molecule has 3 aromatic heterocycles. The Morgan fingerprint density at radius 2 is 2.18 bits per heavy atom. The number of amides is 1. The van der Waals surface area contributed by atoms with Crippen LogP contribution in [-0.2, 0) is 13.0 Å². The van der Waals surface area contributed by atoms with E-state index < -0.39 is 0 Å². The molecule has 0 radical (unpaired) electrons. The topological polar surface area (TPSA) is 111 Å². The van der Waals surface area contributed by atoms with Crippen LogP contribution in [0.2, 0.25) is 0 Å². The van der Waals surface area contributed by atoms with Crippen molar-refractivity contribution < 1.29 is 18.3 Å². The maximum Gasteiger partial charge on any atom is 0.291 e. The van der Waals surface area contributed by atoms with Gasteiger partial charge in [0.25, 0.3) is 5.91 Å². The van der Waals surface area contributed by atoms with Gasteiger partial charge in [-0.05, 0) is 24.1 Å². The summed E-state index contributed by atoms with van der Waals surface area (Å²) < 4.78 is 26.9. The highest BCUT2D eigenvalue weighted by molar-refractivity contribution is 5.92. The molecule has 5 heterocycles. The summed E-state index contributed by atoms with van der Waals surface area (Å²) in [6.07, 6.45) is 9.28. The molecule has 6 rings (SSSR count). The molecular formula is C23H20FN7O3. The molecule has 1 N–H and O–H groups in total. The fourth-order valence-electron chi connectivity index (χ4n) is 4.43. The number of halogens is 1. The molecule has 2 aliphatic rings. The van der Waals surface area contributed by atoms with Crippen molar-refractivity contribution in [3.63, 3.8) is 0 Å². The summed E-state index contributed by atoms with van der Waals surface area (Å²) in [5.41, 5.74) is 3.98. The number of rotatable bonds is 5. The predicted octanol–water partition coefficient (Wildman–Crippen LogP) is 2.73. The normalized spacial score (nSPS) is 15.2. The van der Waals surface area contributed by atoms with Gasteiger partial charge >= 0.3 is 0 Å². The van der Waals surface area contributed by atoms with Crippen LogP contribution >= 0.6 is 0 Å². The zero-order chi connectivity index (χ0) is 23.1. The Morgan fingerprint density at radius 3 is 3.00 bits per heavy atom.